The molecule has 2 heterocycles. The molecule has 6 N–H and O–H groups in total. The Morgan fingerprint density at radius 2 is 2.12 bits per heavy atom. The minimum atomic E-state index is -1.21. The number of aliphatic carboxylic acids is 1. The van der Waals surface area contributed by atoms with Gasteiger partial charge < -0.3 is 31.4 Å². The Hall–Kier alpha value is -2.25. The summed E-state index contributed by atoms with van der Waals surface area (Å²) in [7, 11) is 0. The molecule has 0 radical (unpaired) electrons. The summed E-state index contributed by atoms with van der Waals surface area (Å²) in [6, 6.07) is -3.65. The minimum absolute atomic E-state index is 0.0800. The lowest BCUT2D eigenvalue weighted by Crippen LogP contribution is -2.57. The summed E-state index contributed by atoms with van der Waals surface area (Å²) in [5.74, 6) is -2.10. The molecule has 0 spiro atoms. The largest absolute Gasteiger partial charge is 0.480 e. The van der Waals surface area contributed by atoms with Crippen molar-refractivity contribution in [3.8, 4) is 0 Å². The fraction of sp³-hybridized carbons (Fsp3) is 0.632. The second kappa shape index (κ2) is 12.7. The maximum atomic E-state index is 13.0. The van der Waals surface area contributed by atoms with E-state index in [1.807, 2.05) is 6.26 Å². The summed E-state index contributed by atoms with van der Waals surface area (Å²) in [5, 5.41) is 14.3. The molecule has 1 fully saturated rings. The van der Waals surface area contributed by atoms with Crippen molar-refractivity contribution >= 4 is 48.1 Å². The van der Waals surface area contributed by atoms with Gasteiger partial charge in [0, 0.05) is 30.6 Å². The van der Waals surface area contributed by atoms with Crippen LogP contribution in [0.2, 0.25) is 0 Å². The fourth-order valence-electron chi connectivity index (χ4n) is 3.47. The lowest BCUT2D eigenvalue weighted by atomic mass is 10.1. The number of H-pyrrole nitrogens is 1. The summed E-state index contributed by atoms with van der Waals surface area (Å²) in [6.07, 6.45) is 6.64. The number of nitrogens with zero attached hydrogens (tertiary/aromatic N) is 2. The molecule has 0 aromatic carbocycles. The number of carboxylic acids is 1. The Morgan fingerprint density at radius 1 is 1.38 bits per heavy atom. The van der Waals surface area contributed by atoms with Crippen LogP contribution in [-0.2, 0) is 25.6 Å². The molecule has 1 aliphatic rings. The van der Waals surface area contributed by atoms with Crippen LogP contribution in [0, 0.1) is 0 Å². The number of thioether (sulfide) groups is 1. The van der Waals surface area contributed by atoms with Crippen molar-refractivity contribution in [1.82, 2.24) is 25.5 Å². The average Bonchev–Trinajstić information content (AvgIpc) is 3.45. The number of hydrogen-bond acceptors (Lipinski definition) is 8. The number of carbonyl (C=O) groups excluding carboxylic acids is 3. The Bertz CT molecular complexity index is 793. The molecular weight excluding hydrogens is 456 g/mol. The van der Waals surface area contributed by atoms with Gasteiger partial charge in [0.2, 0.25) is 17.7 Å². The standard InChI is InChI=1S/C19H30N6O5S2/c1-32-6-4-13(16(26)24-14(9-31)19(29)30)23-17(27)15-3-2-5-25(15)18(28)12(20)7-11-8-21-10-22-11/h8,10,12-15,31H,2-7,9,20H2,1H3,(H,21,22)(H,23,27)(H,24,26)(H,29,30). The highest BCUT2D eigenvalue weighted by atomic mass is 32.2. The predicted octanol–water partition coefficient (Wildman–Crippen LogP) is -0.992. The number of carboxylic acid groups (broad SMARTS) is 1. The zero-order valence-corrected chi connectivity index (χ0v) is 19.5. The SMILES string of the molecule is CSCCC(NC(=O)C1CCCN1C(=O)C(N)Cc1cnc[nH]1)C(=O)NC(CS)C(=O)O. The number of rotatable bonds is 12. The number of amides is 3. The number of nitrogens with two attached hydrogens (primary N) is 1. The van der Waals surface area contributed by atoms with Gasteiger partial charge in [0.1, 0.15) is 18.1 Å². The third-order valence-corrected chi connectivity index (χ3v) is 6.20. The number of likely N-dealkylation sites (tertiary alicyclic amines) is 1. The maximum absolute atomic E-state index is 13.0. The number of aromatic amines is 1. The lowest BCUT2D eigenvalue weighted by Gasteiger charge is -2.28. The lowest BCUT2D eigenvalue weighted by molar-refractivity contribution is -0.142. The molecule has 11 nitrogen and oxygen atoms in total. The second-order valence-electron chi connectivity index (χ2n) is 7.50. The summed E-state index contributed by atoms with van der Waals surface area (Å²) in [4.78, 5) is 58.0. The molecular formula is C19H30N6O5S2. The first kappa shape index (κ1) is 26.0. The molecule has 4 unspecified atom stereocenters. The van der Waals surface area contributed by atoms with Crippen molar-refractivity contribution in [2.45, 2.75) is 49.9 Å². The highest BCUT2D eigenvalue weighted by Crippen LogP contribution is 2.19. The molecule has 178 valence electrons. The quantitative estimate of drug-likeness (QED) is 0.204. The third kappa shape index (κ3) is 7.14. The normalized spacial score (nSPS) is 18.6. The molecule has 2 rings (SSSR count). The molecule has 4 atom stereocenters. The Balaban J connectivity index is 2.04. The van der Waals surface area contributed by atoms with Crippen molar-refractivity contribution in [2.24, 2.45) is 5.73 Å². The summed E-state index contributed by atoms with van der Waals surface area (Å²) in [5.41, 5.74) is 6.78. The summed E-state index contributed by atoms with van der Waals surface area (Å²) in [6.45, 7) is 0.399. The first-order chi connectivity index (χ1) is 15.3. The van der Waals surface area contributed by atoms with Crippen LogP contribution in [0.1, 0.15) is 25.0 Å². The van der Waals surface area contributed by atoms with E-state index in [1.54, 1.807) is 6.20 Å². The van der Waals surface area contributed by atoms with Crippen LogP contribution >= 0.6 is 24.4 Å². The molecule has 1 aromatic heterocycles. The van der Waals surface area contributed by atoms with Crippen LogP contribution in [0.5, 0.6) is 0 Å². The number of imidazole rings is 1. The van der Waals surface area contributed by atoms with Crippen molar-refractivity contribution in [3.05, 3.63) is 18.2 Å². The van der Waals surface area contributed by atoms with E-state index in [4.69, 9.17) is 10.8 Å². The highest BCUT2D eigenvalue weighted by Gasteiger charge is 2.37. The van der Waals surface area contributed by atoms with E-state index < -0.39 is 42.0 Å². The third-order valence-electron chi connectivity index (χ3n) is 5.19. The van der Waals surface area contributed by atoms with Crippen LogP contribution in [-0.4, -0.2) is 92.1 Å². The van der Waals surface area contributed by atoms with Crippen LogP contribution in [0.25, 0.3) is 0 Å². The van der Waals surface area contributed by atoms with Gasteiger partial charge in [-0.1, -0.05) is 0 Å². The van der Waals surface area contributed by atoms with Crippen molar-refractivity contribution in [2.75, 3.05) is 24.3 Å². The van der Waals surface area contributed by atoms with Crippen LogP contribution in [0.3, 0.4) is 0 Å². The van der Waals surface area contributed by atoms with Crippen LogP contribution < -0.4 is 16.4 Å². The molecule has 0 aliphatic carbocycles. The van der Waals surface area contributed by atoms with Crippen molar-refractivity contribution < 1.29 is 24.3 Å². The molecule has 32 heavy (non-hydrogen) atoms. The van der Waals surface area contributed by atoms with Gasteiger partial charge in [-0.2, -0.15) is 24.4 Å². The number of thiol groups is 1. The first-order valence-corrected chi connectivity index (χ1v) is 12.3. The van der Waals surface area contributed by atoms with Gasteiger partial charge in [0.05, 0.1) is 12.4 Å². The average molecular weight is 487 g/mol. The van der Waals surface area contributed by atoms with E-state index >= 15 is 0 Å². The van der Waals surface area contributed by atoms with Gasteiger partial charge in [-0.15, -0.1) is 0 Å². The Kier molecular flexibility index (Phi) is 10.3. The van der Waals surface area contributed by atoms with Crippen molar-refractivity contribution in [3.63, 3.8) is 0 Å². The monoisotopic (exact) mass is 486 g/mol. The van der Waals surface area contributed by atoms with E-state index in [0.717, 1.165) is 5.69 Å². The molecule has 1 saturated heterocycles. The van der Waals surface area contributed by atoms with Gasteiger partial charge in [-0.05, 0) is 31.3 Å². The molecule has 0 bridgehead atoms. The van der Waals surface area contributed by atoms with E-state index in [1.165, 1.54) is 23.0 Å². The second-order valence-corrected chi connectivity index (χ2v) is 8.85. The topological polar surface area (TPSA) is 171 Å². The summed E-state index contributed by atoms with van der Waals surface area (Å²) < 4.78 is 0. The molecule has 1 aromatic rings. The summed E-state index contributed by atoms with van der Waals surface area (Å²) >= 11 is 5.44. The van der Waals surface area contributed by atoms with Gasteiger partial charge in [-0.3, -0.25) is 14.4 Å². The van der Waals surface area contributed by atoms with Gasteiger partial charge in [-0.25, -0.2) is 9.78 Å². The minimum Gasteiger partial charge on any atom is -0.480 e. The molecule has 1 aliphatic heterocycles. The van der Waals surface area contributed by atoms with Gasteiger partial charge in [0.15, 0.2) is 0 Å². The predicted molar refractivity (Wildman–Crippen MR) is 123 cm³/mol. The maximum Gasteiger partial charge on any atom is 0.327 e. The van der Waals surface area contributed by atoms with Crippen molar-refractivity contribution in [1.29, 1.82) is 0 Å². The van der Waals surface area contributed by atoms with E-state index in [9.17, 15) is 19.2 Å². The van der Waals surface area contributed by atoms with Crippen LogP contribution in [0.15, 0.2) is 12.5 Å². The fourth-order valence-corrected chi connectivity index (χ4v) is 4.19. The van der Waals surface area contributed by atoms with E-state index in [2.05, 4.69) is 33.2 Å². The Labute approximate surface area is 196 Å². The van der Waals surface area contributed by atoms with E-state index in [0.29, 0.717) is 31.6 Å². The molecule has 0 saturated carbocycles. The molecule has 3 amide bonds. The molecule has 13 heteroatoms. The zero-order valence-electron chi connectivity index (χ0n) is 17.8. The highest BCUT2D eigenvalue weighted by molar-refractivity contribution is 7.98. The van der Waals surface area contributed by atoms with E-state index in [-0.39, 0.29) is 18.1 Å². The smallest absolute Gasteiger partial charge is 0.327 e. The number of aromatic nitrogens is 2. The number of carbonyl (C=O) groups is 4. The zero-order chi connectivity index (χ0) is 23.7. The number of hydrogen-bond donors (Lipinski definition) is 6. The first-order valence-electron chi connectivity index (χ1n) is 10.2. The Morgan fingerprint density at radius 3 is 2.72 bits per heavy atom. The van der Waals surface area contributed by atoms with Crippen LogP contribution in [0.4, 0.5) is 0 Å². The number of nitrogens with one attached hydrogen (secondary N) is 3. The van der Waals surface area contributed by atoms with Gasteiger partial charge >= 0.3 is 5.97 Å². The van der Waals surface area contributed by atoms with Gasteiger partial charge in [0.25, 0.3) is 0 Å².